The summed E-state index contributed by atoms with van der Waals surface area (Å²) < 4.78 is 0.894. The van der Waals surface area contributed by atoms with E-state index >= 15 is 0 Å². The molecule has 0 aliphatic heterocycles. The molecule has 4 rings (SSSR count). The summed E-state index contributed by atoms with van der Waals surface area (Å²) in [6, 6.07) is 12.7. The van der Waals surface area contributed by atoms with Gasteiger partial charge in [-0.15, -0.1) is 22.7 Å². The van der Waals surface area contributed by atoms with Gasteiger partial charge in [-0.1, -0.05) is 23.5 Å². The highest BCUT2D eigenvalue weighted by Gasteiger charge is 2.12. The van der Waals surface area contributed by atoms with Gasteiger partial charge in [0.2, 0.25) is 0 Å². The number of rotatable bonds is 4. The molecule has 25 heavy (non-hydrogen) atoms. The molecule has 8 heteroatoms. The number of aromatic nitrogens is 1. The molecule has 0 saturated heterocycles. The van der Waals surface area contributed by atoms with Crippen LogP contribution in [-0.4, -0.2) is 16.8 Å². The third kappa shape index (κ3) is 3.46. The van der Waals surface area contributed by atoms with Gasteiger partial charge in [0.05, 0.1) is 20.0 Å². The Bertz CT molecular complexity index is 990. The number of hydrogen-bond acceptors (Lipinski definition) is 6. The topological polar surface area (TPSA) is 71.1 Å². The summed E-state index contributed by atoms with van der Waals surface area (Å²) in [6.07, 6.45) is 0. The number of thiazole rings is 1. The zero-order chi connectivity index (χ0) is 17.2. The van der Waals surface area contributed by atoms with Gasteiger partial charge < -0.3 is 5.32 Å². The van der Waals surface area contributed by atoms with Crippen LogP contribution in [0.3, 0.4) is 0 Å². The van der Waals surface area contributed by atoms with Gasteiger partial charge in [0.25, 0.3) is 11.8 Å². The first-order valence-electron chi connectivity index (χ1n) is 7.29. The normalized spacial score (nSPS) is 10.7. The number of anilines is 2. The van der Waals surface area contributed by atoms with Crippen LogP contribution in [0.25, 0.3) is 10.2 Å². The van der Waals surface area contributed by atoms with Crippen molar-refractivity contribution >= 4 is 66.9 Å². The summed E-state index contributed by atoms with van der Waals surface area (Å²) in [5.41, 5.74) is 1.48. The molecule has 5 nitrogen and oxygen atoms in total. The monoisotopic (exact) mass is 385 g/mol. The Labute approximate surface area is 155 Å². The number of nitrogens with zero attached hydrogens (tertiary/aromatic N) is 1. The fourth-order valence-corrected chi connectivity index (χ4v) is 4.36. The smallest absolute Gasteiger partial charge is 0.267 e. The number of amides is 2. The van der Waals surface area contributed by atoms with Crippen molar-refractivity contribution in [2.45, 2.75) is 0 Å². The van der Waals surface area contributed by atoms with Crippen LogP contribution in [0.2, 0.25) is 0 Å². The van der Waals surface area contributed by atoms with E-state index in [0.29, 0.717) is 20.6 Å². The molecule has 4 aromatic rings. The maximum absolute atomic E-state index is 12.1. The van der Waals surface area contributed by atoms with Crippen molar-refractivity contribution in [3.63, 3.8) is 0 Å². The van der Waals surface area contributed by atoms with Gasteiger partial charge in [-0.25, -0.2) is 4.98 Å². The zero-order valence-electron chi connectivity index (χ0n) is 12.7. The Kier molecular flexibility index (Phi) is 4.31. The van der Waals surface area contributed by atoms with Gasteiger partial charge in [-0.3, -0.25) is 14.9 Å². The number of thiophene rings is 2. The van der Waals surface area contributed by atoms with E-state index < -0.39 is 0 Å². The summed E-state index contributed by atoms with van der Waals surface area (Å²) in [7, 11) is 0. The summed E-state index contributed by atoms with van der Waals surface area (Å²) in [5.74, 6) is -0.301. The van der Waals surface area contributed by atoms with Crippen LogP contribution >= 0.6 is 34.0 Å². The molecular weight excluding hydrogens is 374 g/mol. The van der Waals surface area contributed by atoms with Crippen LogP contribution in [-0.2, 0) is 0 Å². The highest BCUT2D eigenvalue weighted by atomic mass is 32.1. The Morgan fingerprint density at radius 3 is 2.20 bits per heavy atom. The van der Waals surface area contributed by atoms with Crippen molar-refractivity contribution < 1.29 is 9.59 Å². The highest BCUT2D eigenvalue weighted by Crippen LogP contribution is 2.29. The predicted molar refractivity (Wildman–Crippen MR) is 104 cm³/mol. The first kappa shape index (κ1) is 15.9. The second kappa shape index (κ2) is 6.75. The van der Waals surface area contributed by atoms with Crippen molar-refractivity contribution in [2.24, 2.45) is 0 Å². The second-order valence-electron chi connectivity index (χ2n) is 5.06. The summed E-state index contributed by atoms with van der Waals surface area (Å²) >= 11 is 4.15. The molecule has 0 bridgehead atoms. The molecule has 124 valence electrons. The lowest BCUT2D eigenvalue weighted by Crippen LogP contribution is -2.09. The van der Waals surface area contributed by atoms with Crippen molar-refractivity contribution in [1.82, 2.24) is 4.98 Å². The molecule has 1 aromatic carbocycles. The van der Waals surface area contributed by atoms with Crippen LogP contribution in [0.4, 0.5) is 10.8 Å². The van der Waals surface area contributed by atoms with Crippen LogP contribution in [0.1, 0.15) is 19.3 Å². The number of carbonyl (C=O) groups excluding carboxylic acids is 2. The van der Waals surface area contributed by atoms with Gasteiger partial charge in [0.15, 0.2) is 5.13 Å². The van der Waals surface area contributed by atoms with Crippen LogP contribution in [0.15, 0.2) is 53.2 Å². The lowest BCUT2D eigenvalue weighted by Gasteiger charge is -2.02. The van der Waals surface area contributed by atoms with E-state index in [9.17, 15) is 9.59 Å². The van der Waals surface area contributed by atoms with E-state index in [1.807, 2.05) is 35.0 Å². The van der Waals surface area contributed by atoms with Gasteiger partial charge >= 0.3 is 0 Å². The first-order chi connectivity index (χ1) is 12.2. The fraction of sp³-hybridized carbons (Fsp3) is 0. The van der Waals surface area contributed by atoms with Crippen LogP contribution in [0, 0.1) is 0 Å². The highest BCUT2D eigenvalue weighted by molar-refractivity contribution is 7.22. The number of benzene rings is 1. The maximum atomic E-state index is 12.1. The molecule has 0 unspecified atom stereocenters. The molecule has 0 radical (unpaired) electrons. The Balaban J connectivity index is 1.53. The Morgan fingerprint density at radius 1 is 0.880 bits per heavy atom. The van der Waals surface area contributed by atoms with Crippen molar-refractivity contribution in [3.8, 4) is 0 Å². The average Bonchev–Trinajstić information content (AvgIpc) is 3.35. The molecule has 2 amide bonds. The minimum Gasteiger partial charge on any atom is -0.321 e. The number of fused-ring (bicyclic) bond motifs is 1. The maximum Gasteiger partial charge on any atom is 0.267 e. The van der Waals surface area contributed by atoms with Crippen LogP contribution in [0.5, 0.6) is 0 Å². The number of hydrogen-bond donors (Lipinski definition) is 2. The second-order valence-corrected chi connectivity index (χ2v) is 7.99. The summed E-state index contributed by atoms with van der Waals surface area (Å²) in [4.78, 5) is 29.9. The molecular formula is C17H11N3O2S3. The van der Waals surface area contributed by atoms with E-state index in [-0.39, 0.29) is 11.8 Å². The summed E-state index contributed by atoms with van der Waals surface area (Å²) in [5, 5.41) is 9.94. The minimum absolute atomic E-state index is 0.134. The van der Waals surface area contributed by atoms with Gasteiger partial charge in [-0.05, 0) is 41.1 Å². The minimum atomic E-state index is -0.166. The van der Waals surface area contributed by atoms with E-state index in [1.165, 1.54) is 34.0 Å². The van der Waals surface area contributed by atoms with E-state index in [1.54, 1.807) is 18.2 Å². The molecule has 0 aliphatic carbocycles. The van der Waals surface area contributed by atoms with E-state index in [4.69, 9.17) is 0 Å². The zero-order valence-corrected chi connectivity index (χ0v) is 15.1. The lowest BCUT2D eigenvalue weighted by atomic mass is 10.3. The predicted octanol–water partition coefficient (Wildman–Crippen LogP) is 4.92. The van der Waals surface area contributed by atoms with E-state index in [0.717, 1.165) is 10.2 Å². The van der Waals surface area contributed by atoms with Gasteiger partial charge in [0.1, 0.15) is 0 Å². The molecule has 0 aliphatic rings. The molecule has 3 heterocycles. The van der Waals surface area contributed by atoms with Crippen LogP contribution < -0.4 is 10.6 Å². The van der Waals surface area contributed by atoms with Crippen molar-refractivity contribution in [1.29, 1.82) is 0 Å². The van der Waals surface area contributed by atoms with Crippen molar-refractivity contribution in [2.75, 3.05) is 10.6 Å². The Morgan fingerprint density at radius 2 is 1.56 bits per heavy atom. The first-order valence-corrected chi connectivity index (χ1v) is 9.87. The molecule has 2 N–H and O–H groups in total. The molecule has 0 fully saturated rings. The number of nitrogens with one attached hydrogen (secondary N) is 2. The SMILES string of the molecule is O=C(Nc1ccc2nc(NC(=O)c3cccs3)sc2c1)c1cccs1. The lowest BCUT2D eigenvalue weighted by molar-refractivity contribution is 0.102. The standard InChI is InChI=1S/C17H11N3O2S3/c21-15(12-3-1-7-23-12)18-10-5-6-11-14(9-10)25-17(19-11)20-16(22)13-4-2-8-24-13/h1-9H,(H,18,21)(H,19,20,22). The number of carbonyl (C=O) groups is 2. The molecule has 3 aromatic heterocycles. The molecule has 0 saturated carbocycles. The summed E-state index contributed by atoms with van der Waals surface area (Å²) in [6.45, 7) is 0. The van der Waals surface area contributed by atoms with E-state index in [2.05, 4.69) is 15.6 Å². The molecule has 0 atom stereocenters. The third-order valence-electron chi connectivity index (χ3n) is 3.36. The van der Waals surface area contributed by atoms with Gasteiger partial charge in [-0.2, -0.15) is 0 Å². The molecule has 0 spiro atoms. The Hall–Kier alpha value is -2.55. The fourth-order valence-electron chi connectivity index (χ4n) is 2.22. The van der Waals surface area contributed by atoms with Gasteiger partial charge in [0, 0.05) is 5.69 Å². The quantitative estimate of drug-likeness (QED) is 0.523. The van der Waals surface area contributed by atoms with Crippen molar-refractivity contribution in [3.05, 3.63) is 63.0 Å². The third-order valence-corrected chi connectivity index (χ3v) is 6.03. The largest absolute Gasteiger partial charge is 0.321 e. The average molecular weight is 385 g/mol.